The predicted molar refractivity (Wildman–Crippen MR) is 102 cm³/mol. The van der Waals surface area contributed by atoms with E-state index in [1.807, 2.05) is 12.1 Å². The van der Waals surface area contributed by atoms with Crippen molar-refractivity contribution in [3.63, 3.8) is 0 Å². The van der Waals surface area contributed by atoms with Gasteiger partial charge >= 0.3 is 0 Å². The summed E-state index contributed by atoms with van der Waals surface area (Å²) in [4.78, 5) is 3.30. The van der Waals surface area contributed by atoms with Crippen LogP contribution in [0, 0.1) is 0 Å². The Hall–Kier alpha value is -1.32. The van der Waals surface area contributed by atoms with Gasteiger partial charge in [-0.2, -0.15) is 0 Å². The van der Waals surface area contributed by atoms with Gasteiger partial charge in [-0.3, -0.25) is 0 Å². The molecule has 2 aromatic rings. The van der Waals surface area contributed by atoms with Crippen LogP contribution in [0.2, 0.25) is 10.0 Å². The second-order valence-electron chi connectivity index (χ2n) is 6.44. The second-order valence-corrected chi connectivity index (χ2v) is 7.26. The highest BCUT2D eigenvalue weighted by Crippen LogP contribution is 2.22. The molecule has 0 unspecified atom stereocenters. The lowest BCUT2D eigenvalue weighted by Crippen LogP contribution is -3.27. The monoisotopic (exact) mass is 362 g/mol. The lowest BCUT2D eigenvalue weighted by molar-refractivity contribution is -1.02. The van der Waals surface area contributed by atoms with Crippen LogP contribution < -0.4 is 9.80 Å². The topological polar surface area (TPSA) is 8.88 Å². The van der Waals surface area contributed by atoms with Gasteiger partial charge in [-0.15, -0.1) is 0 Å². The molecule has 0 radical (unpaired) electrons. The summed E-state index contributed by atoms with van der Waals surface area (Å²) in [6.07, 6.45) is 4.52. The van der Waals surface area contributed by atoms with Crippen LogP contribution in [-0.4, -0.2) is 32.7 Å². The highest BCUT2D eigenvalue weighted by atomic mass is 35.5. The highest BCUT2D eigenvalue weighted by Gasteiger charge is 2.22. The van der Waals surface area contributed by atoms with Crippen molar-refractivity contribution >= 4 is 29.3 Å². The summed E-state index contributed by atoms with van der Waals surface area (Å²) in [6, 6.07) is 16.5. The van der Waals surface area contributed by atoms with Gasteiger partial charge in [-0.25, -0.2) is 0 Å². The molecule has 1 aliphatic heterocycles. The molecule has 1 aliphatic rings. The fraction of sp³-hybridized carbons (Fsp3) is 0.300. The molecule has 0 amide bonds. The van der Waals surface area contributed by atoms with Crippen molar-refractivity contribution in [3.8, 4) is 0 Å². The summed E-state index contributed by atoms with van der Waals surface area (Å²) in [7, 11) is 0. The first-order chi connectivity index (χ1) is 11.7. The molecule has 0 aliphatic carbocycles. The molecule has 2 N–H and O–H groups in total. The van der Waals surface area contributed by atoms with E-state index >= 15 is 0 Å². The number of piperazine rings is 1. The largest absolute Gasteiger partial charge is 0.322 e. The molecule has 126 valence electrons. The Labute approximate surface area is 154 Å². The zero-order chi connectivity index (χ0) is 16.8. The van der Waals surface area contributed by atoms with Crippen LogP contribution in [0.5, 0.6) is 0 Å². The maximum atomic E-state index is 6.11. The summed E-state index contributed by atoms with van der Waals surface area (Å²) in [6.45, 7) is 6.98. The van der Waals surface area contributed by atoms with Crippen LogP contribution in [0.25, 0.3) is 6.08 Å². The SMILES string of the molecule is Clc1ccc(C[NH+]2CC[NH+](C/C=C/c3ccccc3)CC2)cc1Cl. The van der Waals surface area contributed by atoms with E-state index in [0.717, 1.165) is 13.1 Å². The standard InChI is InChI=1S/C20H22Cl2N2/c21-19-9-8-18(15-20(19)22)16-24-13-11-23(12-14-24)10-4-7-17-5-2-1-3-6-17/h1-9,15H,10-14,16H2/p+2/b7-4+. The molecular formula is C20H24Cl2N2+2. The van der Waals surface area contributed by atoms with Crippen molar-refractivity contribution in [2.24, 2.45) is 0 Å². The molecule has 0 atom stereocenters. The fourth-order valence-electron chi connectivity index (χ4n) is 3.20. The van der Waals surface area contributed by atoms with E-state index in [0.29, 0.717) is 10.0 Å². The van der Waals surface area contributed by atoms with Gasteiger partial charge in [0, 0.05) is 5.56 Å². The quantitative estimate of drug-likeness (QED) is 0.804. The van der Waals surface area contributed by atoms with Crippen molar-refractivity contribution in [2.45, 2.75) is 6.54 Å². The smallest absolute Gasteiger partial charge is 0.127 e. The highest BCUT2D eigenvalue weighted by molar-refractivity contribution is 6.42. The zero-order valence-corrected chi connectivity index (χ0v) is 15.3. The van der Waals surface area contributed by atoms with E-state index in [9.17, 15) is 0 Å². The van der Waals surface area contributed by atoms with E-state index in [4.69, 9.17) is 23.2 Å². The minimum atomic E-state index is 0.634. The molecule has 0 bridgehead atoms. The minimum absolute atomic E-state index is 0.634. The maximum Gasteiger partial charge on any atom is 0.127 e. The van der Waals surface area contributed by atoms with Crippen molar-refractivity contribution in [3.05, 3.63) is 75.8 Å². The first-order valence-electron chi connectivity index (χ1n) is 8.53. The van der Waals surface area contributed by atoms with E-state index in [1.54, 1.807) is 9.80 Å². The van der Waals surface area contributed by atoms with Gasteiger partial charge in [0.2, 0.25) is 0 Å². The molecule has 2 aromatic carbocycles. The van der Waals surface area contributed by atoms with Gasteiger partial charge in [0.1, 0.15) is 32.7 Å². The van der Waals surface area contributed by atoms with Crippen molar-refractivity contribution in [2.75, 3.05) is 32.7 Å². The van der Waals surface area contributed by atoms with E-state index in [1.165, 1.54) is 37.3 Å². The minimum Gasteiger partial charge on any atom is -0.322 e. The van der Waals surface area contributed by atoms with Gasteiger partial charge in [0.15, 0.2) is 0 Å². The van der Waals surface area contributed by atoms with Gasteiger partial charge in [0.05, 0.1) is 16.6 Å². The number of hydrogen-bond acceptors (Lipinski definition) is 0. The number of hydrogen-bond donors (Lipinski definition) is 2. The lowest BCUT2D eigenvalue weighted by Gasteiger charge is -2.29. The maximum absolute atomic E-state index is 6.11. The van der Waals surface area contributed by atoms with Crippen LogP contribution in [0.3, 0.4) is 0 Å². The Kier molecular flexibility index (Phi) is 6.33. The van der Waals surface area contributed by atoms with E-state index < -0.39 is 0 Å². The Morgan fingerprint density at radius 3 is 2.25 bits per heavy atom. The average molecular weight is 363 g/mol. The zero-order valence-electron chi connectivity index (χ0n) is 13.8. The summed E-state index contributed by atoms with van der Waals surface area (Å²) < 4.78 is 0. The van der Waals surface area contributed by atoms with Crippen LogP contribution in [0.15, 0.2) is 54.6 Å². The van der Waals surface area contributed by atoms with Crippen LogP contribution in [0.1, 0.15) is 11.1 Å². The van der Waals surface area contributed by atoms with E-state index in [2.05, 4.69) is 48.6 Å². The van der Waals surface area contributed by atoms with Crippen LogP contribution >= 0.6 is 23.2 Å². The van der Waals surface area contributed by atoms with Crippen LogP contribution in [-0.2, 0) is 6.54 Å². The Bertz CT molecular complexity index is 677. The molecule has 1 fully saturated rings. The first kappa shape index (κ1) is 17.5. The number of halogens is 2. The van der Waals surface area contributed by atoms with Crippen molar-refractivity contribution < 1.29 is 9.80 Å². The third kappa shape index (κ3) is 5.09. The second kappa shape index (κ2) is 8.68. The fourth-order valence-corrected chi connectivity index (χ4v) is 3.52. The van der Waals surface area contributed by atoms with Crippen molar-refractivity contribution in [1.29, 1.82) is 0 Å². The molecule has 4 heteroatoms. The van der Waals surface area contributed by atoms with Crippen molar-refractivity contribution in [1.82, 2.24) is 0 Å². The Morgan fingerprint density at radius 1 is 0.833 bits per heavy atom. The summed E-state index contributed by atoms with van der Waals surface area (Å²) in [5, 5.41) is 1.29. The summed E-state index contributed by atoms with van der Waals surface area (Å²) >= 11 is 12.1. The number of benzene rings is 2. The molecule has 3 rings (SSSR count). The van der Waals surface area contributed by atoms with Gasteiger partial charge in [0.25, 0.3) is 0 Å². The average Bonchev–Trinajstić information content (AvgIpc) is 2.61. The van der Waals surface area contributed by atoms with Crippen LogP contribution in [0.4, 0.5) is 0 Å². The first-order valence-corrected chi connectivity index (χ1v) is 9.29. The van der Waals surface area contributed by atoms with Gasteiger partial charge in [-0.1, -0.05) is 65.7 Å². The lowest BCUT2D eigenvalue weighted by atomic mass is 10.2. The molecule has 1 heterocycles. The molecule has 0 aromatic heterocycles. The Morgan fingerprint density at radius 2 is 1.54 bits per heavy atom. The molecule has 0 saturated carbocycles. The molecule has 0 spiro atoms. The molecule has 2 nitrogen and oxygen atoms in total. The summed E-state index contributed by atoms with van der Waals surface area (Å²) in [5.74, 6) is 0. The molecular weight excluding hydrogens is 339 g/mol. The normalized spacial score (nSPS) is 21.2. The van der Waals surface area contributed by atoms with Gasteiger partial charge < -0.3 is 9.80 Å². The predicted octanol–water partition coefficient (Wildman–Crippen LogP) is 1.99. The number of nitrogens with one attached hydrogen (secondary N) is 2. The van der Waals surface area contributed by atoms with Gasteiger partial charge in [-0.05, 0) is 23.8 Å². The Balaban J connectivity index is 1.44. The summed E-state index contributed by atoms with van der Waals surface area (Å²) in [5.41, 5.74) is 2.55. The third-order valence-corrected chi connectivity index (χ3v) is 5.36. The molecule has 24 heavy (non-hydrogen) atoms. The van der Waals surface area contributed by atoms with E-state index in [-0.39, 0.29) is 0 Å². The number of rotatable bonds is 5. The molecule has 1 saturated heterocycles. The third-order valence-electron chi connectivity index (χ3n) is 4.62. The number of quaternary nitrogens is 2.